The van der Waals surface area contributed by atoms with Crippen molar-refractivity contribution in [3.05, 3.63) is 25.3 Å². The van der Waals surface area contributed by atoms with Crippen LogP contribution in [0.15, 0.2) is 25.3 Å². The third kappa shape index (κ3) is 65.3. The molecule has 66 valence electrons. The first-order valence-corrected chi connectivity index (χ1v) is 3.09. The van der Waals surface area contributed by atoms with Crippen LogP contribution < -0.4 is 0 Å². The van der Waals surface area contributed by atoms with Crippen molar-refractivity contribution < 1.29 is 43.5 Å². The summed E-state index contributed by atoms with van der Waals surface area (Å²) in [6.45, 7) is 5.92. The molecule has 0 atom stereocenters. The number of carboxylic acid groups (broad SMARTS) is 2. The summed E-state index contributed by atoms with van der Waals surface area (Å²) in [4.78, 5) is 18.5. The molecule has 0 radical (unpaired) electrons. The van der Waals surface area contributed by atoms with Gasteiger partial charge in [-0.05, 0) is 0 Å². The van der Waals surface area contributed by atoms with Crippen LogP contribution in [0.3, 0.4) is 0 Å². The van der Waals surface area contributed by atoms with Crippen molar-refractivity contribution in [3.63, 3.8) is 0 Å². The molecular weight excluding hydrogens is 200 g/mol. The fourth-order valence-electron chi connectivity index (χ4n) is 0. The summed E-state index contributed by atoms with van der Waals surface area (Å²) < 4.78 is 8.25. The van der Waals surface area contributed by atoms with Gasteiger partial charge in [-0.15, -0.1) is 0 Å². The minimum absolute atomic E-state index is 0.750. The second-order valence-electron chi connectivity index (χ2n) is 1.08. The van der Waals surface area contributed by atoms with E-state index >= 15 is 0 Å². The fourth-order valence-corrected chi connectivity index (χ4v) is 0. The monoisotopic (exact) mass is 208 g/mol. The summed E-state index contributed by atoms with van der Waals surface area (Å²) in [5, 5.41) is 15.2. The van der Waals surface area contributed by atoms with Gasteiger partial charge in [0.15, 0.2) is 0 Å². The molecule has 0 spiro atoms. The Balaban J connectivity index is -0.000000112. The van der Waals surface area contributed by atoms with Gasteiger partial charge in [-0.2, -0.15) is 0 Å². The fraction of sp³-hybridized carbons (Fsp3) is 0. The molecule has 0 unspecified atom stereocenters. The zero-order valence-electron chi connectivity index (χ0n) is 6.19. The maximum absolute atomic E-state index is 9.25. The van der Waals surface area contributed by atoms with Crippen molar-refractivity contribution in [3.8, 4) is 0 Å². The Morgan fingerprint density at radius 2 is 1.08 bits per heavy atom. The predicted octanol–water partition coefficient (Wildman–Crippen LogP) is 0.393. The van der Waals surface area contributed by atoms with Gasteiger partial charge in [0.05, 0.1) is 0 Å². The maximum atomic E-state index is 9.25. The van der Waals surface area contributed by atoms with Gasteiger partial charge in [0.25, 0.3) is 0 Å². The molecule has 0 aliphatic carbocycles. The van der Waals surface area contributed by atoms with Crippen molar-refractivity contribution in [1.29, 1.82) is 0 Å². The van der Waals surface area contributed by atoms with Crippen LogP contribution in [0.25, 0.3) is 0 Å². The van der Waals surface area contributed by atoms with E-state index in [9.17, 15) is 9.59 Å². The van der Waals surface area contributed by atoms with E-state index in [1.165, 1.54) is 0 Å². The molecule has 0 aromatic carbocycles. The Bertz CT molecular complexity index is 147. The molecule has 0 saturated carbocycles. The molecule has 6 heteroatoms. The van der Waals surface area contributed by atoms with Crippen molar-refractivity contribution >= 4 is 11.9 Å². The average Bonchev–Trinajstić information content (AvgIpc) is 2.09. The van der Waals surface area contributed by atoms with E-state index in [1.807, 2.05) is 0 Å². The first-order valence-electron chi connectivity index (χ1n) is 2.45. The molecule has 0 aliphatic rings. The van der Waals surface area contributed by atoms with E-state index in [1.54, 1.807) is 0 Å². The number of carbonyl (C=O) groups is 2. The Kier molecular flexibility index (Phi) is 23.6. The van der Waals surface area contributed by atoms with Crippen molar-refractivity contribution in [2.45, 2.75) is 0 Å². The van der Waals surface area contributed by atoms with Gasteiger partial charge in [0.2, 0.25) is 0 Å². The van der Waals surface area contributed by atoms with Crippen molar-refractivity contribution in [1.82, 2.24) is 0 Å². The Morgan fingerprint density at radius 1 is 1.00 bits per heavy atom. The van der Waals surface area contributed by atoms with Crippen LogP contribution in [-0.2, 0) is 33.3 Å². The number of aliphatic carboxylic acids is 2. The molecular formula is C6H8O5Ti. The van der Waals surface area contributed by atoms with E-state index < -0.39 is 11.9 Å². The topological polar surface area (TPSA) is 91.7 Å². The van der Waals surface area contributed by atoms with E-state index in [2.05, 4.69) is 13.2 Å². The van der Waals surface area contributed by atoms with Crippen LogP contribution in [0.4, 0.5) is 0 Å². The second-order valence-corrected chi connectivity index (χ2v) is 1.08. The molecule has 0 bridgehead atoms. The summed E-state index contributed by atoms with van der Waals surface area (Å²) in [5.41, 5.74) is 0. The zero-order valence-corrected chi connectivity index (χ0v) is 7.75. The number of hydrogen-bond acceptors (Lipinski definition) is 3. The van der Waals surface area contributed by atoms with Crippen molar-refractivity contribution in [2.24, 2.45) is 0 Å². The summed E-state index contributed by atoms with van der Waals surface area (Å²) in [6, 6.07) is 0. The van der Waals surface area contributed by atoms with E-state index in [0.717, 1.165) is 32.6 Å². The van der Waals surface area contributed by atoms with E-state index in [-0.39, 0.29) is 0 Å². The first-order chi connectivity index (χ1) is 5.54. The number of carboxylic acids is 2. The standard InChI is InChI=1S/2C3H4O2.O.Ti/c2*1-2-3(4)5;;/h2*2H,1H2,(H,4,5);;. The summed E-state index contributed by atoms with van der Waals surface area (Å²) in [6.07, 6.45) is 1.67. The molecule has 5 nitrogen and oxygen atoms in total. The Hall–Kier alpha value is -1.07. The molecule has 0 fully saturated rings. The van der Waals surface area contributed by atoms with Crippen LogP contribution in [0.1, 0.15) is 0 Å². The minimum atomic E-state index is -0.981. The summed E-state index contributed by atoms with van der Waals surface area (Å²) >= 11 is 0.750. The van der Waals surface area contributed by atoms with Crippen LogP contribution in [0.2, 0.25) is 0 Å². The summed E-state index contributed by atoms with van der Waals surface area (Å²) in [7, 11) is 0. The quantitative estimate of drug-likeness (QED) is 0.505. The number of rotatable bonds is 2. The predicted molar refractivity (Wildman–Crippen MR) is 36.4 cm³/mol. The normalized spacial score (nSPS) is 5.58. The van der Waals surface area contributed by atoms with E-state index in [0.29, 0.717) is 0 Å². The van der Waals surface area contributed by atoms with Crippen molar-refractivity contribution in [2.75, 3.05) is 0 Å². The van der Waals surface area contributed by atoms with Crippen LogP contribution in [0, 0.1) is 0 Å². The van der Waals surface area contributed by atoms with Gasteiger partial charge in [-0.1, -0.05) is 13.2 Å². The third-order valence-electron chi connectivity index (χ3n) is 0.349. The second kappa shape index (κ2) is 16.5. The first kappa shape index (κ1) is 17.1. The van der Waals surface area contributed by atoms with Gasteiger partial charge in [-0.3, -0.25) is 0 Å². The molecule has 0 aromatic rings. The molecule has 12 heavy (non-hydrogen) atoms. The van der Waals surface area contributed by atoms with Gasteiger partial charge in [0, 0.05) is 12.2 Å². The molecule has 0 amide bonds. The van der Waals surface area contributed by atoms with Gasteiger partial charge >= 0.3 is 35.7 Å². The molecule has 0 heterocycles. The molecule has 0 saturated heterocycles. The average molecular weight is 208 g/mol. The van der Waals surface area contributed by atoms with E-state index in [4.69, 9.17) is 13.5 Å². The number of hydrogen-bond donors (Lipinski definition) is 2. The van der Waals surface area contributed by atoms with Crippen LogP contribution in [0.5, 0.6) is 0 Å². The zero-order chi connectivity index (χ0) is 10.6. The molecule has 0 rings (SSSR count). The Labute approximate surface area is 81.1 Å². The summed E-state index contributed by atoms with van der Waals surface area (Å²) in [5.74, 6) is -1.96. The third-order valence-corrected chi connectivity index (χ3v) is 0.349. The van der Waals surface area contributed by atoms with Gasteiger partial charge < -0.3 is 10.2 Å². The van der Waals surface area contributed by atoms with Gasteiger partial charge in [-0.25, -0.2) is 9.59 Å². The van der Waals surface area contributed by atoms with Crippen LogP contribution >= 0.6 is 0 Å². The van der Waals surface area contributed by atoms with Crippen LogP contribution in [-0.4, -0.2) is 22.2 Å². The SMILES string of the molecule is C=CC(=O)O.C=CC(=O)O.[O]=[Ti]. The Morgan fingerprint density at radius 3 is 1.08 bits per heavy atom. The van der Waals surface area contributed by atoms with Gasteiger partial charge in [0.1, 0.15) is 0 Å². The molecule has 0 aromatic heterocycles. The molecule has 2 N–H and O–H groups in total. The molecule has 0 aliphatic heterocycles.